The first kappa shape index (κ1) is 14.0. The molecule has 1 aliphatic heterocycles. The van der Waals surface area contributed by atoms with Crippen molar-refractivity contribution in [1.82, 2.24) is 0 Å². The topological polar surface area (TPSA) is 18.5 Å². The fourth-order valence-corrected chi connectivity index (χ4v) is 2.72. The Balaban J connectivity index is 1.81. The van der Waals surface area contributed by atoms with Crippen molar-refractivity contribution in [2.75, 3.05) is 6.61 Å². The van der Waals surface area contributed by atoms with Crippen LogP contribution in [-0.2, 0) is 16.1 Å². The van der Waals surface area contributed by atoms with Crippen molar-refractivity contribution in [2.24, 2.45) is 5.92 Å². The lowest BCUT2D eigenvalue weighted by atomic mass is 10.0. The summed E-state index contributed by atoms with van der Waals surface area (Å²) in [5, 5.41) is 0. The average Bonchev–Trinajstić information content (AvgIpc) is 2.37. The molecule has 3 atom stereocenters. The third-order valence-corrected chi connectivity index (χ3v) is 4.41. The lowest BCUT2D eigenvalue weighted by molar-refractivity contribution is -0.0636. The van der Waals surface area contributed by atoms with E-state index in [1.807, 2.05) is 18.2 Å². The third kappa shape index (κ3) is 3.80. The van der Waals surface area contributed by atoms with Gasteiger partial charge >= 0.3 is 0 Å². The van der Waals surface area contributed by atoms with E-state index in [1.165, 1.54) is 9.14 Å². The summed E-state index contributed by atoms with van der Waals surface area (Å²) in [5.74, 6) is 0.420. The quantitative estimate of drug-likeness (QED) is 0.759. The van der Waals surface area contributed by atoms with Gasteiger partial charge in [0, 0.05) is 9.50 Å². The molecule has 0 fully saturated rings. The molecule has 0 N–H and O–H groups in total. The van der Waals surface area contributed by atoms with E-state index < -0.39 is 0 Å². The van der Waals surface area contributed by atoms with Crippen LogP contribution in [0.5, 0.6) is 0 Å². The van der Waals surface area contributed by atoms with Crippen LogP contribution in [0.25, 0.3) is 0 Å². The minimum atomic E-state index is 0.169. The number of hydrogen-bond donors (Lipinski definition) is 0. The number of benzene rings is 1. The molecular weight excluding hydrogens is 339 g/mol. The molecule has 1 aromatic carbocycles. The van der Waals surface area contributed by atoms with E-state index >= 15 is 0 Å². The lowest BCUT2D eigenvalue weighted by Crippen LogP contribution is -2.34. The molecule has 0 aliphatic carbocycles. The predicted molar refractivity (Wildman–Crippen MR) is 81.7 cm³/mol. The van der Waals surface area contributed by atoms with E-state index in [4.69, 9.17) is 9.47 Å². The predicted octanol–water partition coefficient (Wildman–Crippen LogP) is 3.95. The monoisotopic (exact) mass is 358 g/mol. The van der Waals surface area contributed by atoms with E-state index in [0.717, 1.165) is 0 Å². The van der Waals surface area contributed by atoms with Gasteiger partial charge in [0.25, 0.3) is 0 Å². The van der Waals surface area contributed by atoms with Gasteiger partial charge in [0.2, 0.25) is 0 Å². The van der Waals surface area contributed by atoms with Crippen molar-refractivity contribution in [2.45, 2.75) is 32.7 Å². The molecule has 1 aliphatic rings. The Morgan fingerprint density at radius 3 is 2.67 bits per heavy atom. The summed E-state index contributed by atoms with van der Waals surface area (Å²) in [6.07, 6.45) is 2.65. The maximum absolute atomic E-state index is 5.95. The van der Waals surface area contributed by atoms with Crippen LogP contribution < -0.4 is 0 Å². The largest absolute Gasteiger partial charge is 0.374 e. The van der Waals surface area contributed by atoms with Gasteiger partial charge in [-0.15, -0.1) is 0 Å². The zero-order valence-electron chi connectivity index (χ0n) is 10.8. The van der Waals surface area contributed by atoms with E-state index in [2.05, 4.69) is 54.6 Å². The minimum Gasteiger partial charge on any atom is -0.374 e. The summed E-state index contributed by atoms with van der Waals surface area (Å²) in [6.45, 7) is 5.58. The summed E-state index contributed by atoms with van der Waals surface area (Å²) in [5.41, 5.74) is 1.21. The molecule has 0 spiro atoms. The molecule has 0 unspecified atom stereocenters. The first-order valence-electron chi connectivity index (χ1n) is 6.31. The van der Waals surface area contributed by atoms with Crippen LogP contribution in [0.15, 0.2) is 40.0 Å². The highest BCUT2D eigenvalue weighted by Crippen LogP contribution is 2.28. The van der Waals surface area contributed by atoms with Crippen LogP contribution in [0.1, 0.15) is 19.4 Å². The standard InChI is InChI=1S/C15H19IO2/c1-11-8-14(16)12(2)18-15(11)10-17-9-13-6-4-3-5-7-13/h3-8,11-12,15H,9-10H2,1-2H3/t11-,12+,15-/m0/s1. The van der Waals surface area contributed by atoms with Crippen LogP contribution >= 0.6 is 22.6 Å². The van der Waals surface area contributed by atoms with Crippen LogP contribution in [0.3, 0.4) is 0 Å². The maximum atomic E-state index is 5.95. The second-order valence-corrected chi connectivity index (χ2v) is 5.97. The average molecular weight is 358 g/mol. The van der Waals surface area contributed by atoms with Gasteiger partial charge in [-0.3, -0.25) is 0 Å². The number of ether oxygens (including phenoxy) is 2. The van der Waals surface area contributed by atoms with Gasteiger partial charge in [0.1, 0.15) is 0 Å². The van der Waals surface area contributed by atoms with E-state index in [1.54, 1.807) is 0 Å². The Morgan fingerprint density at radius 1 is 1.22 bits per heavy atom. The Labute approximate surface area is 123 Å². The molecule has 0 amide bonds. The van der Waals surface area contributed by atoms with Gasteiger partial charge < -0.3 is 9.47 Å². The van der Waals surface area contributed by atoms with Crippen molar-refractivity contribution in [1.29, 1.82) is 0 Å². The first-order valence-corrected chi connectivity index (χ1v) is 7.39. The van der Waals surface area contributed by atoms with Gasteiger partial charge in [-0.05, 0) is 35.1 Å². The lowest BCUT2D eigenvalue weighted by Gasteiger charge is -2.31. The third-order valence-electron chi connectivity index (χ3n) is 3.17. The smallest absolute Gasteiger partial charge is 0.0877 e. The van der Waals surface area contributed by atoms with Crippen molar-refractivity contribution < 1.29 is 9.47 Å². The highest BCUT2D eigenvalue weighted by molar-refractivity contribution is 14.1. The van der Waals surface area contributed by atoms with E-state index in [0.29, 0.717) is 19.1 Å². The van der Waals surface area contributed by atoms with Gasteiger partial charge in [-0.1, -0.05) is 43.3 Å². The Morgan fingerprint density at radius 2 is 1.94 bits per heavy atom. The minimum absolute atomic E-state index is 0.169. The Bertz CT molecular complexity index is 402. The van der Waals surface area contributed by atoms with Crippen molar-refractivity contribution >= 4 is 22.6 Å². The molecule has 0 saturated heterocycles. The summed E-state index contributed by atoms with van der Waals surface area (Å²) in [7, 11) is 0. The molecule has 0 bridgehead atoms. The molecule has 1 aromatic rings. The van der Waals surface area contributed by atoms with Crippen LogP contribution in [-0.4, -0.2) is 18.8 Å². The normalized spacial score (nSPS) is 27.9. The second-order valence-electron chi connectivity index (χ2n) is 4.73. The summed E-state index contributed by atoms with van der Waals surface area (Å²) in [4.78, 5) is 0. The Kier molecular flexibility index (Phi) is 5.21. The van der Waals surface area contributed by atoms with Crippen LogP contribution in [0, 0.1) is 5.92 Å². The molecule has 0 aromatic heterocycles. The zero-order valence-corrected chi connectivity index (χ0v) is 13.0. The highest BCUT2D eigenvalue weighted by atomic mass is 127. The molecule has 0 radical (unpaired) electrons. The van der Waals surface area contributed by atoms with Crippen LogP contribution in [0.4, 0.5) is 0 Å². The maximum Gasteiger partial charge on any atom is 0.0877 e. The number of rotatable bonds is 4. The SMILES string of the molecule is C[C@H]1O[C@@H](COCc2ccccc2)[C@@H](C)C=C1I. The molecule has 1 heterocycles. The molecule has 0 saturated carbocycles. The summed E-state index contributed by atoms with van der Waals surface area (Å²) in [6, 6.07) is 10.2. The molecule has 2 rings (SSSR count). The molecular formula is C15H19IO2. The molecule has 98 valence electrons. The van der Waals surface area contributed by atoms with Crippen molar-refractivity contribution in [3.8, 4) is 0 Å². The second kappa shape index (κ2) is 6.68. The molecule has 18 heavy (non-hydrogen) atoms. The van der Waals surface area contributed by atoms with Gasteiger partial charge in [-0.2, -0.15) is 0 Å². The van der Waals surface area contributed by atoms with Gasteiger partial charge in [-0.25, -0.2) is 0 Å². The van der Waals surface area contributed by atoms with Crippen LogP contribution in [0.2, 0.25) is 0 Å². The first-order chi connectivity index (χ1) is 8.66. The summed E-state index contributed by atoms with van der Waals surface area (Å²) >= 11 is 2.35. The van der Waals surface area contributed by atoms with Gasteiger partial charge in [0.15, 0.2) is 0 Å². The fraction of sp³-hybridized carbons (Fsp3) is 0.467. The number of halogens is 1. The van der Waals surface area contributed by atoms with Gasteiger partial charge in [0.05, 0.1) is 25.4 Å². The Hall–Kier alpha value is -0.390. The fourth-order valence-electron chi connectivity index (χ4n) is 2.00. The zero-order chi connectivity index (χ0) is 13.0. The highest BCUT2D eigenvalue weighted by Gasteiger charge is 2.25. The van der Waals surface area contributed by atoms with Crippen molar-refractivity contribution in [3.63, 3.8) is 0 Å². The van der Waals surface area contributed by atoms with E-state index in [-0.39, 0.29) is 12.2 Å². The van der Waals surface area contributed by atoms with Crippen molar-refractivity contribution in [3.05, 3.63) is 45.6 Å². The molecule has 3 heteroatoms. The number of hydrogen-bond acceptors (Lipinski definition) is 2. The molecule has 2 nitrogen and oxygen atoms in total. The summed E-state index contributed by atoms with van der Waals surface area (Å²) < 4.78 is 13.0. The van der Waals surface area contributed by atoms with E-state index in [9.17, 15) is 0 Å².